The first kappa shape index (κ1) is 25.3. The smallest absolute Gasteiger partial charge is 0.0534 e. The van der Waals surface area contributed by atoms with E-state index in [0.717, 1.165) is 0 Å². The molecule has 0 N–H and O–H groups in total. The molecule has 1 unspecified atom stereocenters. The van der Waals surface area contributed by atoms with E-state index in [2.05, 4.69) is 114 Å². The quantitative estimate of drug-likeness (QED) is 0.323. The lowest BCUT2D eigenvalue weighted by Gasteiger charge is -2.42. The van der Waals surface area contributed by atoms with Gasteiger partial charge in [-0.1, -0.05) is 122 Å². The summed E-state index contributed by atoms with van der Waals surface area (Å²) in [6, 6.07) is 5.20. The van der Waals surface area contributed by atoms with Gasteiger partial charge in [0, 0.05) is 0 Å². The lowest BCUT2D eigenvalue weighted by Crippen LogP contribution is -2.57. The predicted molar refractivity (Wildman–Crippen MR) is 143 cm³/mol. The molecule has 0 bridgehead atoms. The van der Waals surface area contributed by atoms with Crippen LogP contribution < -0.4 is 5.30 Å². The van der Waals surface area contributed by atoms with Crippen LogP contribution in [0, 0.1) is 0 Å². The Morgan fingerprint density at radius 3 is 1.21 bits per heavy atom. The van der Waals surface area contributed by atoms with Gasteiger partial charge in [-0.25, -0.2) is 0 Å². The van der Waals surface area contributed by atoms with E-state index in [0.29, 0.717) is 4.40 Å². The second kappa shape index (κ2) is 7.04. The van der Waals surface area contributed by atoms with Gasteiger partial charge in [-0.15, -0.1) is 0 Å². The van der Waals surface area contributed by atoms with Crippen molar-refractivity contribution in [2.75, 3.05) is 6.16 Å². The third kappa shape index (κ3) is 4.51. The molecule has 0 spiro atoms. The average Bonchev–Trinajstić information content (AvgIpc) is 3.18. The molecule has 0 amide bonds. The van der Waals surface area contributed by atoms with E-state index in [9.17, 15) is 0 Å². The zero-order valence-corrected chi connectivity index (χ0v) is 25.2. The van der Waals surface area contributed by atoms with Gasteiger partial charge in [0.1, 0.15) is 0 Å². The van der Waals surface area contributed by atoms with Gasteiger partial charge < -0.3 is 0 Å². The highest BCUT2D eigenvalue weighted by Gasteiger charge is 2.69. The molecular weight excluding hydrogens is 399 g/mol. The second-order valence-electron chi connectivity index (χ2n) is 14.6. The molecule has 1 atom stereocenters. The summed E-state index contributed by atoms with van der Waals surface area (Å²) in [7, 11) is -2.62. The standard InChI is InChI=1S/C26H49PSi2/c1-23(2,3)19-16-20(24(4,5)6)22(21(17-19)25(7,8)9)27-18-26(27,28(10,11)12)29(13,14)15/h16-17H,18H2,1-15H3. The highest BCUT2D eigenvalue weighted by Crippen LogP contribution is 2.75. The summed E-state index contributed by atoms with van der Waals surface area (Å²) in [5, 5.41) is 1.80. The number of benzene rings is 1. The van der Waals surface area contributed by atoms with E-state index < -0.39 is 16.1 Å². The molecule has 0 radical (unpaired) electrons. The van der Waals surface area contributed by atoms with Crippen LogP contribution in [0.5, 0.6) is 0 Å². The van der Waals surface area contributed by atoms with Gasteiger partial charge in [0.25, 0.3) is 0 Å². The van der Waals surface area contributed by atoms with E-state index in [1.807, 2.05) is 0 Å². The molecule has 0 aliphatic carbocycles. The normalized spacial score (nSPS) is 20.7. The molecule has 1 heterocycles. The fourth-order valence-electron chi connectivity index (χ4n) is 5.37. The van der Waals surface area contributed by atoms with Crippen molar-refractivity contribution in [1.29, 1.82) is 0 Å². The van der Waals surface area contributed by atoms with Gasteiger partial charge >= 0.3 is 0 Å². The molecule has 1 saturated heterocycles. The molecular formula is C26H49PSi2. The minimum absolute atomic E-state index is 0.0643. The molecule has 0 aromatic heterocycles. The van der Waals surface area contributed by atoms with Crippen LogP contribution in [-0.2, 0) is 16.2 Å². The summed E-state index contributed by atoms with van der Waals surface area (Å²) in [4.78, 5) is 0. The topological polar surface area (TPSA) is 0 Å². The maximum atomic E-state index is 2.66. The summed E-state index contributed by atoms with van der Waals surface area (Å²) in [5.74, 6) is 0. The maximum absolute atomic E-state index is 2.66. The molecule has 1 aromatic carbocycles. The van der Waals surface area contributed by atoms with Crippen LogP contribution in [0.15, 0.2) is 12.1 Å². The van der Waals surface area contributed by atoms with Crippen molar-refractivity contribution in [2.24, 2.45) is 0 Å². The van der Waals surface area contributed by atoms with E-state index in [4.69, 9.17) is 0 Å². The van der Waals surface area contributed by atoms with Crippen LogP contribution in [0.2, 0.25) is 39.3 Å². The molecule has 1 fully saturated rings. The van der Waals surface area contributed by atoms with Gasteiger partial charge in [-0.3, -0.25) is 0 Å². The van der Waals surface area contributed by atoms with E-state index >= 15 is 0 Å². The van der Waals surface area contributed by atoms with Gasteiger partial charge in [0.05, 0.1) is 16.1 Å². The first-order valence-corrected chi connectivity index (χ1v) is 20.0. The minimum atomic E-state index is -1.28. The van der Waals surface area contributed by atoms with Crippen molar-refractivity contribution in [1.82, 2.24) is 0 Å². The van der Waals surface area contributed by atoms with Crippen molar-refractivity contribution in [3.63, 3.8) is 0 Å². The third-order valence-corrected chi connectivity index (χ3v) is 25.7. The Kier molecular flexibility index (Phi) is 6.16. The fourth-order valence-corrected chi connectivity index (χ4v) is 28.8. The van der Waals surface area contributed by atoms with Crippen molar-refractivity contribution >= 4 is 29.4 Å². The summed E-state index contributed by atoms with van der Waals surface area (Å²) >= 11 is 0. The Labute approximate surface area is 186 Å². The first-order valence-electron chi connectivity index (χ1n) is 11.5. The maximum Gasteiger partial charge on any atom is 0.0534 e. The highest BCUT2D eigenvalue weighted by molar-refractivity contribution is 7.82. The zero-order valence-electron chi connectivity index (χ0n) is 22.3. The van der Waals surface area contributed by atoms with Gasteiger partial charge in [0.2, 0.25) is 0 Å². The second-order valence-corrected chi connectivity index (χ2v) is 29.0. The lowest BCUT2D eigenvalue weighted by molar-refractivity contribution is 0.553. The molecule has 2 rings (SSSR count). The van der Waals surface area contributed by atoms with Crippen LogP contribution in [0.3, 0.4) is 0 Å². The monoisotopic (exact) mass is 448 g/mol. The summed E-state index contributed by atoms with van der Waals surface area (Å²) in [6.45, 7) is 37.7. The molecule has 0 saturated carbocycles. The Morgan fingerprint density at radius 1 is 0.655 bits per heavy atom. The number of hydrogen-bond acceptors (Lipinski definition) is 0. The number of rotatable bonds is 3. The van der Waals surface area contributed by atoms with Crippen molar-refractivity contribution in [2.45, 2.75) is 122 Å². The summed E-state index contributed by atoms with van der Waals surface area (Å²) in [6.07, 6.45) is 1.49. The number of hydrogen-bond donors (Lipinski definition) is 0. The van der Waals surface area contributed by atoms with Crippen molar-refractivity contribution < 1.29 is 0 Å². The predicted octanol–water partition coefficient (Wildman–Crippen LogP) is 8.19. The van der Waals surface area contributed by atoms with Crippen LogP contribution >= 0.6 is 7.92 Å². The molecule has 1 aliphatic heterocycles. The highest BCUT2D eigenvalue weighted by atomic mass is 31.1. The molecule has 166 valence electrons. The Morgan fingerprint density at radius 2 is 1.00 bits per heavy atom. The summed E-state index contributed by atoms with van der Waals surface area (Å²) < 4.78 is 0.679. The van der Waals surface area contributed by atoms with E-state index in [-0.39, 0.29) is 24.2 Å². The van der Waals surface area contributed by atoms with Crippen molar-refractivity contribution in [3.05, 3.63) is 28.8 Å². The first-order chi connectivity index (χ1) is 12.5. The van der Waals surface area contributed by atoms with Gasteiger partial charge in [0.15, 0.2) is 0 Å². The molecule has 29 heavy (non-hydrogen) atoms. The molecule has 0 nitrogen and oxygen atoms in total. The lowest BCUT2D eigenvalue weighted by atomic mass is 9.75. The van der Waals surface area contributed by atoms with Crippen LogP contribution in [0.4, 0.5) is 0 Å². The SMILES string of the molecule is CC(C)(C)c1cc(C(C)(C)C)c(P2CC2([Si](C)(C)C)[Si](C)(C)C)c(C(C)(C)C)c1. The van der Waals surface area contributed by atoms with Crippen molar-refractivity contribution in [3.8, 4) is 0 Å². The Bertz CT molecular complexity index is 722. The van der Waals surface area contributed by atoms with Gasteiger partial charge in [-0.2, -0.15) is 0 Å². The third-order valence-electron chi connectivity index (χ3n) is 7.09. The largest absolute Gasteiger partial charge is 0.0731 e. The Balaban J connectivity index is 2.92. The fraction of sp³-hybridized carbons (Fsp3) is 0.769. The van der Waals surface area contributed by atoms with Crippen LogP contribution in [-0.4, -0.2) is 26.7 Å². The molecule has 1 aliphatic rings. The van der Waals surface area contributed by atoms with Crippen LogP contribution in [0.1, 0.15) is 79.0 Å². The molecule has 3 heteroatoms. The van der Waals surface area contributed by atoms with Gasteiger partial charge in [-0.05, 0) is 48.8 Å². The van der Waals surface area contributed by atoms with Crippen LogP contribution in [0.25, 0.3) is 0 Å². The summed E-state index contributed by atoms with van der Waals surface area (Å²) in [5.41, 5.74) is 5.38. The van der Waals surface area contributed by atoms with E-state index in [1.54, 1.807) is 16.4 Å². The zero-order chi connectivity index (χ0) is 23.0. The Hall–Kier alpha value is 0.0838. The minimum Gasteiger partial charge on any atom is -0.0731 e. The van der Waals surface area contributed by atoms with E-state index in [1.165, 1.54) is 11.7 Å². The molecule has 1 aromatic rings. The average molecular weight is 449 g/mol.